The first-order valence-corrected chi connectivity index (χ1v) is 7.95. The molecule has 1 saturated heterocycles. The molecule has 0 radical (unpaired) electrons. The summed E-state index contributed by atoms with van der Waals surface area (Å²) in [6, 6.07) is 0.469. The molecule has 120 valence electrons. The predicted molar refractivity (Wildman–Crippen MR) is 78.0 cm³/mol. The van der Waals surface area contributed by atoms with Crippen molar-refractivity contribution in [2.45, 2.75) is 63.6 Å². The van der Waals surface area contributed by atoms with Gasteiger partial charge in [0, 0.05) is 18.7 Å². The Kier molecular flexibility index (Phi) is 5.99. The van der Waals surface area contributed by atoms with Gasteiger partial charge in [0.15, 0.2) is 0 Å². The predicted octanol–water partition coefficient (Wildman–Crippen LogP) is 0.999. The second kappa shape index (κ2) is 7.75. The molecule has 0 aromatic heterocycles. The van der Waals surface area contributed by atoms with E-state index in [1.165, 1.54) is 0 Å². The highest BCUT2D eigenvalue weighted by molar-refractivity contribution is 5.77. The lowest BCUT2D eigenvalue weighted by atomic mass is 9.85. The average molecular weight is 298 g/mol. The molecule has 6 nitrogen and oxygen atoms in total. The van der Waals surface area contributed by atoms with Crippen LogP contribution < -0.4 is 5.32 Å². The van der Waals surface area contributed by atoms with Gasteiger partial charge in [-0.15, -0.1) is 0 Å². The molecule has 21 heavy (non-hydrogen) atoms. The zero-order valence-corrected chi connectivity index (χ0v) is 12.7. The van der Waals surface area contributed by atoms with E-state index in [2.05, 4.69) is 5.32 Å². The van der Waals surface area contributed by atoms with Crippen molar-refractivity contribution in [2.24, 2.45) is 0 Å². The number of hydrogen-bond donors (Lipinski definition) is 2. The Balaban J connectivity index is 1.64. The number of carbonyl (C=O) groups excluding carboxylic acids is 1. The van der Waals surface area contributed by atoms with E-state index in [0.29, 0.717) is 6.42 Å². The van der Waals surface area contributed by atoms with Crippen LogP contribution in [0.2, 0.25) is 0 Å². The Morgan fingerprint density at radius 3 is 2.67 bits per heavy atom. The highest BCUT2D eigenvalue weighted by atomic mass is 16.5. The smallest absolute Gasteiger partial charge is 0.317 e. The zero-order chi connectivity index (χ0) is 15.2. The number of aliphatic carboxylic acids is 1. The van der Waals surface area contributed by atoms with E-state index in [4.69, 9.17) is 9.84 Å². The van der Waals surface area contributed by atoms with E-state index < -0.39 is 5.97 Å². The number of likely N-dealkylation sites (N-methyl/N-ethyl adjacent to an activating group) is 1. The van der Waals surface area contributed by atoms with Crippen molar-refractivity contribution < 1.29 is 19.4 Å². The van der Waals surface area contributed by atoms with Gasteiger partial charge in [0.1, 0.15) is 0 Å². The third kappa shape index (κ3) is 4.97. The van der Waals surface area contributed by atoms with Crippen LogP contribution in [0.4, 0.5) is 0 Å². The summed E-state index contributed by atoms with van der Waals surface area (Å²) in [5.74, 6) is -0.731. The molecular weight excluding hydrogens is 272 g/mol. The molecule has 1 heterocycles. The lowest BCUT2D eigenvalue weighted by molar-refractivity contribution is -0.140. The number of rotatable bonds is 7. The molecule has 2 N–H and O–H groups in total. The van der Waals surface area contributed by atoms with E-state index in [1.807, 2.05) is 11.8 Å². The van der Waals surface area contributed by atoms with Crippen molar-refractivity contribution in [1.29, 1.82) is 0 Å². The summed E-state index contributed by atoms with van der Waals surface area (Å²) in [4.78, 5) is 24.7. The van der Waals surface area contributed by atoms with Crippen molar-refractivity contribution in [3.63, 3.8) is 0 Å². The van der Waals surface area contributed by atoms with Gasteiger partial charge in [0.05, 0.1) is 19.1 Å². The second-order valence-corrected chi connectivity index (χ2v) is 6.04. The Morgan fingerprint density at radius 1 is 1.33 bits per heavy atom. The van der Waals surface area contributed by atoms with Gasteiger partial charge < -0.3 is 15.2 Å². The molecule has 1 atom stereocenters. The average Bonchev–Trinajstić information content (AvgIpc) is 2.41. The van der Waals surface area contributed by atoms with E-state index in [-0.39, 0.29) is 30.6 Å². The molecular formula is C15H26N2O4. The number of carbonyl (C=O) groups is 2. The largest absolute Gasteiger partial charge is 0.480 e. The van der Waals surface area contributed by atoms with Crippen LogP contribution in [0.3, 0.4) is 0 Å². The second-order valence-electron chi connectivity index (χ2n) is 6.04. The minimum atomic E-state index is -0.793. The van der Waals surface area contributed by atoms with Crippen molar-refractivity contribution in [1.82, 2.24) is 10.2 Å². The highest BCUT2D eigenvalue weighted by Gasteiger charge is 2.34. The van der Waals surface area contributed by atoms with Crippen LogP contribution in [0.1, 0.15) is 45.4 Å². The van der Waals surface area contributed by atoms with Crippen LogP contribution in [0, 0.1) is 0 Å². The van der Waals surface area contributed by atoms with Gasteiger partial charge in [0.25, 0.3) is 0 Å². The maximum Gasteiger partial charge on any atom is 0.317 e. The number of nitrogens with one attached hydrogen (secondary N) is 1. The van der Waals surface area contributed by atoms with Gasteiger partial charge in [-0.05, 0) is 38.6 Å². The molecule has 2 rings (SSSR count). The van der Waals surface area contributed by atoms with Crippen LogP contribution in [-0.2, 0) is 14.3 Å². The van der Waals surface area contributed by atoms with Crippen LogP contribution in [0.25, 0.3) is 0 Å². The van der Waals surface area contributed by atoms with Crippen LogP contribution in [-0.4, -0.2) is 59.8 Å². The van der Waals surface area contributed by atoms with Gasteiger partial charge in [-0.1, -0.05) is 6.92 Å². The maximum atomic E-state index is 11.9. The van der Waals surface area contributed by atoms with Gasteiger partial charge >= 0.3 is 5.97 Å². The molecule has 0 aromatic carbocycles. The molecule has 1 aliphatic heterocycles. The number of ether oxygens (including phenoxy) is 1. The van der Waals surface area contributed by atoms with Crippen molar-refractivity contribution >= 4 is 11.9 Å². The maximum absolute atomic E-state index is 11.9. The standard InChI is InChI=1S/C15H26N2O4/c1-2-17(10-15(19)20)12-7-11(8-12)16-14(18)9-13-5-3-4-6-21-13/h11-13H,2-10H2,1H3,(H,16,18)(H,19,20)/t11?,12?,13-/m0/s1. The van der Waals surface area contributed by atoms with Crippen molar-refractivity contribution in [2.75, 3.05) is 19.7 Å². The topological polar surface area (TPSA) is 78.9 Å². The van der Waals surface area contributed by atoms with Crippen LogP contribution in [0.15, 0.2) is 0 Å². The fourth-order valence-electron chi connectivity index (χ4n) is 3.14. The SMILES string of the molecule is CCN(CC(=O)O)C1CC(NC(=O)C[C@@H]2CCCCO2)C1. The monoisotopic (exact) mass is 298 g/mol. The summed E-state index contributed by atoms with van der Waals surface area (Å²) >= 11 is 0. The molecule has 2 fully saturated rings. The van der Waals surface area contributed by atoms with Crippen LogP contribution >= 0.6 is 0 Å². The number of hydrogen-bond acceptors (Lipinski definition) is 4. The minimum Gasteiger partial charge on any atom is -0.480 e. The third-order valence-corrected chi connectivity index (χ3v) is 4.43. The van der Waals surface area contributed by atoms with Gasteiger partial charge in [-0.3, -0.25) is 14.5 Å². The van der Waals surface area contributed by atoms with E-state index in [1.54, 1.807) is 0 Å². The molecule has 0 spiro atoms. The molecule has 0 aromatic rings. The molecule has 1 amide bonds. The quantitative estimate of drug-likeness (QED) is 0.733. The summed E-state index contributed by atoms with van der Waals surface area (Å²) in [7, 11) is 0. The number of carboxylic acids is 1. The normalized spacial score (nSPS) is 29.0. The lowest BCUT2D eigenvalue weighted by Crippen LogP contribution is -2.55. The summed E-state index contributed by atoms with van der Waals surface area (Å²) in [5, 5.41) is 11.9. The number of carboxylic acid groups (broad SMARTS) is 1. The van der Waals surface area contributed by atoms with E-state index >= 15 is 0 Å². The first-order chi connectivity index (χ1) is 10.1. The molecule has 6 heteroatoms. The fraction of sp³-hybridized carbons (Fsp3) is 0.867. The summed E-state index contributed by atoms with van der Waals surface area (Å²) in [5.41, 5.74) is 0. The van der Waals surface area contributed by atoms with Gasteiger partial charge in [-0.25, -0.2) is 0 Å². The summed E-state index contributed by atoms with van der Waals surface area (Å²) in [6.45, 7) is 3.55. The molecule has 1 saturated carbocycles. The molecule has 0 bridgehead atoms. The summed E-state index contributed by atoms with van der Waals surface area (Å²) in [6.07, 6.45) is 5.44. The number of nitrogens with zero attached hydrogens (tertiary/aromatic N) is 1. The minimum absolute atomic E-state index is 0.0617. The molecule has 0 unspecified atom stereocenters. The van der Waals surface area contributed by atoms with E-state index in [9.17, 15) is 9.59 Å². The van der Waals surface area contributed by atoms with Crippen LogP contribution in [0.5, 0.6) is 0 Å². The van der Waals surface area contributed by atoms with Gasteiger partial charge in [-0.2, -0.15) is 0 Å². The summed E-state index contributed by atoms with van der Waals surface area (Å²) < 4.78 is 5.57. The Hall–Kier alpha value is -1.14. The fourth-order valence-corrected chi connectivity index (χ4v) is 3.14. The Morgan fingerprint density at radius 2 is 2.10 bits per heavy atom. The number of amides is 1. The molecule has 2 aliphatic rings. The van der Waals surface area contributed by atoms with Crippen molar-refractivity contribution in [3.05, 3.63) is 0 Å². The van der Waals surface area contributed by atoms with Gasteiger partial charge in [0.2, 0.25) is 5.91 Å². The highest BCUT2D eigenvalue weighted by Crippen LogP contribution is 2.26. The molecule has 1 aliphatic carbocycles. The zero-order valence-electron chi connectivity index (χ0n) is 12.7. The lowest BCUT2D eigenvalue weighted by Gasteiger charge is -2.42. The van der Waals surface area contributed by atoms with Crippen molar-refractivity contribution in [3.8, 4) is 0 Å². The van der Waals surface area contributed by atoms with E-state index in [0.717, 1.165) is 45.3 Å². The Labute approximate surface area is 125 Å². The third-order valence-electron chi connectivity index (χ3n) is 4.43. The first-order valence-electron chi connectivity index (χ1n) is 7.95. The first kappa shape index (κ1) is 16.2. The Bertz CT molecular complexity index is 363.